The lowest BCUT2D eigenvalue weighted by Crippen LogP contribution is -2.34. The van der Waals surface area contributed by atoms with Crippen molar-refractivity contribution in [3.8, 4) is 0 Å². The SMILES string of the molecule is Cc1cc(Nc2ccc3c(ccc4sc5c(c43)NC[C@@H](C)NC5=O)n2)cc(F)n1. The number of carbonyl (C=O) groups excluding carboxylic acids is 1. The number of carbonyl (C=O) groups is 1. The second-order valence-electron chi connectivity index (χ2n) is 7.21. The Morgan fingerprint density at radius 1 is 1.21 bits per heavy atom. The third-order valence-corrected chi connectivity index (χ3v) is 6.04. The summed E-state index contributed by atoms with van der Waals surface area (Å²) < 4.78 is 14.6. The molecule has 1 aliphatic heterocycles. The van der Waals surface area contributed by atoms with Crippen molar-refractivity contribution in [2.45, 2.75) is 19.9 Å². The number of rotatable bonds is 2. The summed E-state index contributed by atoms with van der Waals surface area (Å²) in [6.45, 7) is 4.39. The quantitative estimate of drug-likeness (QED) is 0.424. The van der Waals surface area contributed by atoms with Crippen LogP contribution in [0.3, 0.4) is 0 Å². The smallest absolute Gasteiger partial charge is 0.263 e. The first-order valence-electron chi connectivity index (χ1n) is 9.30. The van der Waals surface area contributed by atoms with Crippen LogP contribution in [0.4, 0.5) is 21.6 Å². The highest BCUT2D eigenvalue weighted by atomic mass is 32.1. The largest absolute Gasteiger partial charge is 0.381 e. The van der Waals surface area contributed by atoms with Crippen molar-refractivity contribution in [3.63, 3.8) is 0 Å². The lowest BCUT2D eigenvalue weighted by molar-refractivity contribution is 0.0949. The molecule has 146 valence electrons. The minimum atomic E-state index is -0.533. The normalized spacial score (nSPS) is 16.2. The van der Waals surface area contributed by atoms with E-state index in [0.717, 1.165) is 26.7 Å². The molecule has 0 radical (unpaired) electrons. The summed E-state index contributed by atoms with van der Waals surface area (Å²) in [5, 5.41) is 11.5. The summed E-state index contributed by atoms with van der Waals surface area (Å²) in [5.41, 5.74) is 2.86. The molecule has 6 nitrogen and oxygen atoms in total. The first kappa shape index (κ1) is 17.8. The van der Waals surface area contributed by atoms with E-state index < -0.39 is 5.95 Å². The molecule has 5 rings (SSSR count). The van der Waals surface area contributed by atoms with Crippen LogP contribution < -0.4 is 16.0 Å². The van der Waals surface area contributed by atoms with Gasteiger partial charge in [-0.05, 0) is 44.2 Å². The van der Waals surface area contributed by atoms with E-state index in [1.807, 2.05) is 31.2 Å². The molecule has 3 aromatic heterocycles. The molecular weight excluding hydrogens is 389 g/mol. The Morgan fingerprint density at radius 3 is 2.90 bits per heavy atom. The predicted molar refractivity (Wildman–Crippen MR) is 115 cm³/mol. The van der Waals surface area contributed by atoms with Gasteiger partial charge in [0.05, 0.1) is 11.2 Å². The molecule has 4 aromatic rings. The Kier molecular flexibility index (Phi) is 4.09. The van der Waals surface area contributed by atoms with E-state index in [9.17, 15) is 9.18 Å². The summed E-state index contributed by atoms with van der Waals surface area (Å²) in [5.74, 6) is 0.0326. The lowest BCUT2D eigenvalue weighted by atomic mass is 10.1. The van der Waals surface area contributed by atoms with Crippen LogP contribution in [0.15, 0.2) is 36.4 Å². The van der Waals surface area contributed by atoms with Crippen molar-refractivity contribution < 1.29 is 9.18 Å². The number of anilines is 3. The fourth-order valence-corrected chi connectivity index (χ4v) is 4.74. The molecule has 1 atom stereocenters. The molecular formula is C21H18FN5OS. The van der Waals surface area contributed by atoms with Crippen LogP contribution in [0, 0.1) is 12.9 Å². The van der Waals surface area contributed by atoms with Gasteiger partial charge in [0.1, 0.15) is 10.7 Å². The number of hydrogen-bond acceptors (Lipinski definition) is 6. The monoisotopic (exact) mass is 407 g/mol. The predicted octanol–water partition coefficient (Wildman–Crippen LogP) is 4.58. The van der Waals surface area contributed by atoms with Crippen LogP contribution >= 0.6 is 11.3 Å². The third-order valence-electron chi connectivity index (χ3n) is 4.89. The average molecular weight is 407 g/mol. The molecule has 0 fully saturated rings. The van der Waals surface area contributed by atoms with E-state index in [1.165, 1.54) is 17.4 Å². The van der Waals surface area contributed by atoms with Gasteiger partial charge in [-0.3, -0.25) is 4.79 Å². The Hall–Kier alpha value is -3.26. The van der Waals surface area contributed by atoms with Crippen molar-refractivity contribution in [1.82, 2.24) is 15.3 Å². The summed E-state index contributed by atoms with van der Waals surface area (Å²) in [6.07, 6.45) is 0. The second-order valence-corrected chi connectivity index (χ2v) is 8.26. The Morgan fingerprint density at radius 2 is 2.07 bits per heavy atom. The highest BCUT2D eigenvalue weighted by Crippen LogP contribution is 2.41. The highest BCUT2D eigenvalue weighted by Gasteiger charge is 2.24. The zero-order valence-electron chi connectivity index (χ0n) is 15.8. The fraction of sp³-hybridized carbons (Fsp3) is 0.190. The first-order chi connectivity index (χ1) is 14.0. The van der Waals surface area contributed by atoms with Gasteiger partial charge >= 0.3 is 0 Å². The fourth-order valence-electron chi connectivity index (χ4n) is 3.64. The van der Waals surface area contributed by atoms with E-state index in [4.69, 9.17) is 0 Å². The second kappa shape index (κ2) is 6.66. The molecule has 0 aliphatic carbocycles. The van der Waals surface area contributed by atoms with Crippen molar-refractivity contribution in [3.05, 3.63) is 52.9 Å². The van der Waals surface area contributed by atoms with Gasteiger partial charge in [-0.2, -0.15) is 4.39 Å². The zero-order chi connectivity index (χ0) is 20.1. The molecule has 1 aliphatic rings. The molecule has 1 aromatic carbocycles. The molecule has 29 heavy (non-hydrogen) atoms. The molecule has 3 N–H and O–H groups in total. The molecule has 0 bridgehead atoms. The minimum absolute atomic E-state index is 0.0480. The minimum Gasteiger partial charge on any atom is -0.381 e. The highest BCUT2D eigenvalue weighted by molar-refractivity contribution is 7.21. The number of nitrogens with zero attached hydrogens (tertiary/aromatic N) is 2. The lowest BCUT2D eigenvalue weighted by Gasteiger charge is -2.11. The van der Waals surface area contributed by atoms with Gasteiger partial charge in [0.2, 0.25) is 5.95 Å². The number of aromatic nitrogens is 2. The number of thiophene rings is 1. The summed E-state index contributed by atoms with van der Waals surface area (Å²) in [7, 11) is 0. The third kappa shape index (κ3) is 3.15. The van der Waals surface area contributed by atoms with E-state index in [1.54, 1.807) is 13.0 Å². The topological polar surface area (TPSA) is 78.9 Å². The van der Waals surface area contributed by atoms with E-state index >= 15 is 0 Å². The Bertz CT molecular complexity index is 1270. The number of hydrogen-bond donors (Lipinski definition) is 3. The van der Waals surface area contributed by atoms with Gasteiger partial charge in [0.15, 0.2) is 0 Å². The summed E-state index contributed by atoms with van der Waals surface area (Å²) in [4.78, 5) is 21.7. The van der Waals surface area contributed by atoms with Gasteiger partial charge in [-0.25, -0.2) is 9.97 Å². The summed E-state index contributed by atoms with van der Waals surface area (Å²) >= 11 is 1.48. The summed E-state index contributed by atoms with van der Waals surface area (Å²) in [6, 6.07) is 10.9. The molecule has 1 amide bonds. The van der Waals surface area contributed by atoms with Gasteiger partial charge in [0, 0.05) is 45.5 Å². The van der Waals surface area contributed by atoms with Crippen LogP contribution in [0.5, 0.6) is 0 Å². The maximum atomic E-state index is 13.6. The van der Waals surface area contributed by atoms with E-state index in [2.05, 4.69) is 25.9 Å². The van der Waals surface area contributed by atoms with Crippen LogP contribution in [0.1, 0.15) is 22.3 Å². The van der Waals surface area contributed by atoms with Crippen molar-refractivity contribution in [1.29, 1.82) is 0 Å². The van der Waals surface area contributed by atoms with Crippen LogP contribution in [0.25, 0.3) is 21.0 Å². The van der Waals surface area contributed by atoms with Gasteiger partial charge in [-0.15, -0.1) is 11.3 Å². The molecule has 0 saturated carbocycles. The number of benzene rings is 1. The van der Waals surface area contributed by atoms with Crippen molar-refractivity contribution in [2.24, 2.45) is 0 Å². The number of halogens is 1. The number of fused-ring (bicyclic) bond motifs is 5. The maximum absolute atomic E-state index is 13.6. The van der Waals surface area contributed by atoms with Crippen molar-refractivity contribution >= 4 is 55.4 Å². The standard InChI is InChI=1S/C21H18FN5OS/c1-10-7-12(8-16(22)24-10)26-17-6-3-13-14(27-17)4-5-15-18(13)19-20(29-15)21(28)25-11(2)9-23-19/h3-8,11,23H,9H2,1-2H3,(H,25,28)(H,24,26,27)/t11-/m1/s1. The first-order valence-corrected chi connectivity index (χ1v) is 10.1. The Labute approximate surface area is 170 Å². The number of aryl methyl sites for hydroxylation is 1. The Balaban J connectivity index is 1.61. The van der Waals surface area contributed by atoms with Crippen LogP contribution in [-0.4, -0.2) is 28.5 Å². The van der Waals surface area contributed by atoms with Gasteiger partial charge in [-0.1, -0.05) is 0 Å². The number of amides is 1. The molecule has 0 spiro atoms. The van der Waals surface area contributed by atoms with Crippen LogP contribution in [-0.2, 0) is 0 Å². The number of pyridine rings is 2. The number of nitrogens with one attached hydrogen (secondary N) is 3. The molecule has 0 saturated heterocycles. The van der Waals surface area contributed by atoms with E-state index in [-0.39, 0.29) is 11.9 Å². The van der Waals surface area contributed by atoms with Crippen molar-refractivity contribution in [2.75, 3.05) is 17.2 Å². The van der Waals surface area contributed by atoms with Gasteiger partial charge in [0.25, 0.3) is 5.91 Å². The van der Waals surface area contributed by atoms with Gasteiger partial charge < -0.3 is 16.0 Å². The molecule has 0 unspecified atom stereocenters. The molecule has 8 heteroatoms. The zero-order valence-corrected chi connectivity index (χ0v) is 16.7. The van der Waals surface area contributed by atoms with Crippen LogP contribution in [0.2, 0.25) is 0 Å². The average Bonchev–Trinajstić information content (AvgIpc) is 2.98. The van der Waals surface area contributed by atoms with E-state index in [0.29, 0.717) is 28.6 Å². The maximum Gasteiger partial charge on any atom is 0.263 e. The molecule has 4 heterocycles.